The largest absolute Gasteiger partial charge is 0.574 e. The van der Waals surface area contributed by atoms with Crippen molar-refractivity contribution in [2.75, 3.05) is 5.73 Å². The SMILES string of the molecule is NCc1cc(OC(F)(F)F)nc(N)c1C(F)F. The molecule has 0 aliphatic carbocycles. The summed E-state index contributed by atoms with van der Waals surface area (Å²) in [5, 5.41) is 0. The van der Waals surface area contributed by atoms with Crippen molar-refractivity contribution in [2.45, 2.75) is 19.3 Å². The van der Waals surface area contributed by atoms with Gasteiger partial charge in [0.15, 0.2) is 0 Å². The first-order chi connectivity index (χ1) is 7.74. The number of nitrogens with two attached hydrogens (primary N) is 2. The molecule has 0 aliphatic rings. The number of hydrogen-bond donors (Lipinski definition) is 2. The van der Waals surface area contributed by atoms with Crippen LogP contribution in [0.1, 0.15) is 17.6 Å². The van der Waals surface area contributed by atoms with Crippen LogP contribution in [0.2, 0.25) is 0 Å². The fourth-order valence-corrected chi connectivity index (χ4v) is 1.19. The Bertz CT molecular complexity index is 407. The van der Waals surface area contributed by atoms with Crippen molar-refractivity contribution >= 4 is 5.82 Å². The number of anilines is 1. The van der Waals surface area contributed by atoms with Gasteiger partial charge in [-0.2, -0.15) is 4.98 Å². The smallest absolute Gasteiger partial charge is 0.388 e. The Balaban J connectivity index is 3.18. The molecule has 0 aromatic carbocycles. The lowest BCUT2D eigenvalue weighted by Crippen LogP contribution is -2.19. The van der Waals surface area contributed by atoms with E-state index in [1.807, 2.05) is 0 Å². The minimum atomic E-state index is -4.97. The third-order valence-electron chi connectivity index (χ3n) is 1.81. The van der Waals surface area contributed by atoms with Gasteiger partial charge in [-0.3, -0.25) is 0 Å². The van der Waals surface area contributed by atoms with Gasteiger partial charge in [-0.15, -0.1) is 13.2 Å². The third-order valence-corrected chi connectivity index (χ3v) is 1.81. The van der Waals surface area contributed by atoms with Gasteiger partial charge in [0.05, 0.1) is 5.56 Å². The molecule has 9 heteroatoms. The maximum atomic E-state index is 12.5. The normalized spacial score (nSPS) is 11.9. The zero-order chi connectivity index (χ0) is 13.2. The Morgan fingerprint density at radius 1 is 1.35 bits per heavy atom. The maximum absolute atomic E-state index is 12.5. The van der Waals surface area contributed by atoms with Gasteiger partial charge >= 0.3 is 6.36 Å². The summed E-state index contributed by atoms with van der Waals surface area (Å²) in [6, 6.07) is 0.686. The molecule has 0 amide bonds. The molecule has 0 spiro atoms. The number of hydrogen-bond acceptors (Lipinski definition) is 4. The van der Waals surface area contributed by atoms with Crippen LogP contribution in [0.15, 0.2) is 6.07 Å². The predicted molar refractivity (Wildman–Crippen MR) is 48.2 cm³/mol. The number of aromatic nitrogens is 1. The highest BCUT2D eigenvalue weighted by molar-refractivity contribution is 5.48. The van der Waals surface area contributed by atoms with Gasteiger partial charge < -0.3 is 16.2 Å². The summed E-state index contributed by atoms with van der Waals surface area (Å²) >= 11 is 0. The van der Waals surface area contributed by atoms with Crippen molar-refractivity contribution in [3.8, 4) is 5.88 Å². The molecule has 0 unspecified atom stereocenters. The maximum Gasteiger partial charge on any atom is 0.574 e. The average molecular weight is 257 g/mol. The number of alkyl halides is 5. The number of halogens is 5. The first-order valence-corrected chi connectivity index (χ1v) is 4.28. The minimum Gasteiger partial charge on any atom is -0.388 e. The molecule has 17 heavy (non-hydrogen) atoms. The van der Waals surface area contributed by atoms with Crippen molar-refractivity contribution in [1.82, 2.24) is 4.98 Å². The summed E-state index contributed by atoms with van der Waals surface area (Å²) in [6.07, 6.45) is -7.95. The molecule has 0 saturated heterocycles. The topological polar surface area (TPSA) is 74.2 Å². The molecule has 1 heterocycles. The summed E-state index contributed by atoms with van der Waals surface area (Å²) in [4.78, 5) is 3.09. The van der Waals surface area contributed by atoms with Gasteiger partial charge in [0.2, 0.25) is 5.88 Å². The molecule has 4 nitrogen and oxygen atoms in total. The van der Waals surface area contributed by atoms with Crippen LogP contribution in [0.5, 0.6) is 5.88 Å². The van der Waals surface area contributed by atoms with E-state index in [1.165, 1.54) is 0 Å². The van der Waals surface area contributed by atoms with E-state index in [4.69, 9.17) is 11.5 Å². The van der Waals surface area contributed by atoms with E-state index in [9.17, 15) is 22.0 Å². The first-order valence-electron chi connectivity index (χ1n) is 4.28. The summed E-state index contributed by atoms with van der Waals surface area (Å²) in [5.41, 5.74) is 9.34. The zero-order valence-corrected chi connectivity index (χ0v) is 8.26. The highest BCUT2D eigenvalue weighted by Crippen LogP contribution is 2.31. The molecule has 96 valence electrons. The van der Waals surface area contributed by atoms with E-state index in [2.05, 4.69) is 9.72 Å². The summed E-state index contributed by atoms with van der Waals surface area (Å²) in [6.45, 7) is -0.402. The Morgan fingerprint density at radius 2 is 1.94 bits per heavy atom. The molecule has 0 saturated carbocycles. The molecule has 0 atom stereocenters. The molecular weight excluding hydrogens is 249 g/mol. The zero-order valence-electron chi connectivity index (χ0n) is 8.26. The Hall–Kier alpha value is -1.64. The van der Waals surface area contributed by atoms with E-state index in [1.54, 1.807) is 0 Å². The number of ether oxygens (including phenoxy) is 1. The van der Waals surface area contributed by atoms with Crippen LogP contribution in [0.4, 0.5) is 27.8 Å². The lowest BCUT2D eigenvalue weighted by Gasteiger charge is -2.13. The van der Waals surface area contributed by atoms with Crippen molar-refractivity contribution < 1.29 is 26.7 Å². The van der Waals surface area contributed by atoms with Gasteiger partial charge in [0, 0.05) is 12.6 Å². The van der Waals surface area contributed by atoms with Crippen molar-refractivity contribution in [1.29, 1.82) is 0 Å². The van der Waals surface area contributed by atoms with Gasteiger partial charge in [0.1, 0.15) is 5.82 Å². The molecule has 4 N–H and O–H groups in total. The Kier molecular flexibility index (Phi) is 3.71. The second kappa shape index (κ2) is 4.70. The number of nitrogen functional groups attached to an aromatic ring is 1. The highest BCUT2D eigenvalue weighted by atomic mass is 19.4. The van der Waals surface area contributed by atoms with E-state index in [0.717, 1.165) is 0 Å². The standard InChI is InChI=1S/C8H8F5N3O/c9-6(10)5-3(2-14)1-4(16-7(5)15)17-8(11,12)13/h1,6H,2,14H2,(H2,15,16). The Morgan fingerprint density at radius 3 is 2.35 bits per heavy atom. The van der Waals surface area contributed by atoms with Crippen LogP contribution in [-0.2, 0) is 6.54 Å². The van der Waals surface area contributed by atoms with Crippen LogP contribution in [0.3, 0.4) is 0 Å². The van der Waals surface area contributed by atoms with Gasteiger partial charge in [-0.05, 0) is 5.56 Å². The van der Waals surface area contributed by atoms with Crippen molar-refractivity contribution in [3.05, 3.63) is 17.2 Å². The van der Waals surface area contributed by atoms with Crippen molar-refractivity contribution in [3.63, 3.8) is 0 Å². The second-order valence-electron chi connectivity index (χ2n) is 2.97. The van der Waals surface area contributed by atoms with Crippen LogP contribution >= 0.6 is 0 Å². The van der Waals surface area contributed by atoms with E-state index < -0.39 is 36.6 Å². The highest BCUT2D eigenvalue weighted by Gasteiger charge is 2.32. The lowest BCUT2D eigenvalue weighted by molar-refractivity contribution is -0.276. The number of rotatable bonds is 3. The van der Waals surface area contributed by atoms with E-state index >= 15 is 0 Å². The minimum absolute atomic E-state index is 0.244. The monoisotopic (exact) mass is 257 g/mol. The average Bonchev–Trinajstić information content (AvgIpc) is 2.12. The van der Waals surface area contributed by atoms with Crippen LogP contribution in [0.25, 0.3) is 0 Å². The van der Waals surface area contributed by atoms with Gasteiger partial charge in [0.25, 0.3) is 6.43 Å². The predicted octanol–water partition coefficient (Wildman–Crippen LogP) is 1.96. The second-order valence-corrected chi connectivity index (χ2v) is 2.97. The van der Waals surface area contributed by atoms with Crippen LogP contribution in [-0.4, -0.2) is 11.3 Å². The lowest BCUT2D eigenvalue weighted by atomic mass is 10.1. The van der Waals surface area contributed by atoms with Gasteiger partial charge in [-0.1, -0.05) is 0 Å². The summed E-state index contributed by atoms with van der Waals surface area (Å²) < 4.78 is 64.1. The van der Waals surface area contributed by atoms with Crippen molar-refractivity contribution in [2.24, 2.45) is 5.73 Å². The van der Waals surface area contributed by atoms with Crippen LogP contribution < -0.4 is 16.2 Å². The molecule has 1 aromatic heterocycles. The van der Waals surface area contributed by atoms with Gasteiger partial charge in [-0.25, -0.2) is 8.78 Å². The summed E-state index contributed by atoms with van der Waals surface area (Å²) in [7, 11) is 0. The van der Waals surface area contributed by atoms with Crippen LogP contribution in [0, 0.1) is 0 Å². The molecule has 1 rings (SSSR count). The molecule has 0 aliphatic heterocycles. The quantitative estimate of drug-likeness (QED) is 0.812. The molecule has 0 fully saturated rings. The Labute approximate surface area is 92.4 Å². The summed E-state index contributed by atoms with van der Waals surface area (Å²) in [5.74, 6) is -1.65. The molecular formula is C8H8F5N3O. The van der Waals surface area contributed by atoms with E-state index in [-0.39, 0.29) is 5.56 Å². The molecule has 0 radical (unpaired) electrons. The number of pyridine rings is 1. The molecule has 0 bridgehead atoms. The number of nitrogens with zero attached hydrogens (tertiary/aromatic N) is 1. The fraction of sp³-hybridized carbons (Fsp3) is 0.375. The fourth-order valence-electron chi connectivity index (χ4n) is 1.19. The van der Waals surface area contributed by atoms with E-state index in [0.29, 0.717) is 6.07 Å². The third kappa shape index (κ3) is 3.41. The first kappa shape index (κ1) is 13.4. The molecule has 1 aromatic rings.